The monoisotopic (exact) mass is 340 g/mol. The van der Waals surface area contributed by atoms with Gasteiger partial charge >= 0.3 is 0 Å². The minimum Gasteiger partial charge on any atom is -0.377 e. The van der Waals surface area contributed by atoms with Gasteiger partial charge in [0, 0.05) is 13.2 Å². The molecule has 0 radical (unpaired) electrons. The molecule has 7 nitrogen and oxygen atoms in total. The molecule has 25 heavy (non-hydrogen) atoms. The number of aromatic nitrogens is 3. The molecular weight excluding hydrogens is 320 g/mol. The van der Waals surface area contributed by atoms with Gasteiger partial charge in [0.25, 0.3) is 5.91 Å². The molecule has 3 rings (SSSR count). The number of ether oxygens (including phenoxy) is 1. The van der Waals surface area contributed by atoms with Gasteiger partial charge in [0.1, 0.15) is 6.61 Å². The van der Waals surface area contributed by atoms with E-state index in [1.54, 1.807) is 19.4 Å². The fraction of sp³-hybridized carbons (Fsp3) is 0.278. The molecule has 2 aromatic heterocycles. The maximum absolute atomic E-state index is 12.4. The Hall–Kier alpha value is -2.93. The number of para-hydroxylation sites is 1. The van der Waals surface area contributed by atoms with E-state index in [0.29, 0.717) is 11.4 Å². The molecule has 0 bridgehead atoms. The van der Waals surface area contributed by atoms with Crippen LogP contribution in [0, 0.1) is 0 Å². The Kier molecular flexibility index (Phi) is 5.25. The fourth-order valence-electron chi connectivity index (χ4n) is 2.56. The van der Waals surface area contributed by atoms with E-state index in [1.807, 2.05) is 35.0 Å². The van der Waals surface area contributed by atoms with Crippen molar-refractivity contribution >= 4 is 11.6 Å². The second kappa shape index (κ2) is 7.76. The zero-order chi connectivity index (χ0) is 17.6. The van der Waals surface area contributed by atoms with Gasteiger partial charge in [0.2, 0.25) is 0 Å². The van der Waals surface area contributed by atoms with Crippen molar-refractivity contribution in [1.82, 2.24) is 14.9 Å². The highest BCUT2D eigenvalue weighted by atomic mass is 16.5. The highest BCUT2D eigenvalue weighted by Gasteiger charge is 2.17. The molecule has 0 aliphatic carbocycles. The lowest BCUT2D eigenvalue weighted by Crippen LogP contribution is -2.14. The van der Waals surface area contributed by atoms with Crippen molar-refractivity contribution in [2.45, 2.75) is 26.4 Å². The average Bonchev–Trinajstić information content (AvgIpc) is 3.24. The summed E-state index contributed by atoms with van der Waals surface area (Å²) in [7, 11) is 1.55. The Morgan fingerprint density at radius 1 is 1.32 bits per heavy atom. The largest absolute Gasteiger partial charge is 0.377 e. The smallest absolute Gasteiger partial charge is 0.277 e. The van der Waals surface area contributed by atoms with Crippen LogP contribution in [0.15, 0.2) is 47.1 Å². The Balaban J connectivity index is 1.84. The van der Waals surface area contributed by atoms with Crippen LogP contribution >= 0.6 is 0 Å². The molecule has 1 aromatic carbocycles. The van der Waals surface area contributed by atoms with Gasteiger partial charge in [-0.1, -0.05) is 36.7 Å². The molecule has 0 unspecified atom stereocenters. The number of carbonyl (C=O) groups excluding carboxylic acids is 1. The van der Waals surface area contributed by atoms with Crippen LogP contribution in [0.25, 0.3) is 5.69 Å². The standard InChI is InChI=1S/C18H20N4O3/c1-3-7-17-16(11-19-22(17)13-8-5-4-6-9-13)20-18(23)15-10-14(12-24-2)25-21-15/h4-6,8-11H,3,7,12H2,1-2H3,(H,20,23). The first-order valence-corrected chi connectivity index (χ1v) is 8.11. The summed E-state index contributed by atoms with van der Waals surface area (Å²) in [6.45, 7) is 2.36. The third-order valence-corrected chi connectivity index (χ3v) is 3.68. The molecule has 0 saturated heterocycles. The zero-order valence-electron chi connectivity index (χ0n) is 14.2. The molecule has 0 spiro atoms. The minimum absolute atomic E-state index is 0.210. The fourth-order valence-corrected chi connectivity index (χ4v) is 2.56. The highest BCUT2D eigenvalue weighted by Crippen LogP contribution is 2.21. The molecule has 3 aromatic rings. The lowest BCUT2D eigenvalue weighted by atomic mass is 10.2. The Morgan fingerprint density at radius 3 is 2.84 bits per heavy atom. The summed E-state index contributed by atoms with van der Waals surface area (Å²) in [5.41, 5.74) is 2.78. The number of nitrogens with one attached hydrogen (secondary N) is 1. The van der Waals surface area contributed by atoms with Crippen molar-refractivity contribution in [2.24, 2.45) is 0 Å². The van der Waals surface area contributed by atoms with Crippen LogP contribution < -0.4 is 5.32 Å². The first-order valence-electron chi connectivity index (χ1n) is 8.11. The summed E-state index contributed by atoms with van der Waals surface area (Å²) in [5.74, 6) is 0.164. The SMILES string of the molecule is CCCc1c(NC(=O)c2cc(COC)on2)cnn1-c1ccccc1. The molecule has 0 atom stereocenters. The van der Waals surface area contributed by atoms with Crippen molar-refractivity contribution in [3.63, 3.8) is 0 Å². The van der Waals surface area contributed by atoms with E-state index in [2.05, 4.69) is 22.5 Å². The molecule has 0 aliphatic heterocycles. The second-order valence-electron chi connectivity index (χ2n) is 5.57. The molecule has 0 fully saturated rings. The number of methoxy groups -OCH3 is 1. The second-order valence-corrected chi connectivity index (χ2v) is 5.57. The van der Waals surface area contributed by atoms with Crippen molar-refractivity contribution in [1.29, 1.82) is 0 Å². The molecule has 0 saturated carbocycles. The number of anilines is 1. The minimum atomic E-state index is -0.337. The van der Waals surface area contributed by atoms with Crippen LogP contribution in [-0.4, -0.2) is 28.0 Å². The summed E-state index contributed by atoms with van der Waals surface area (Å²) in [4.78, 5) is 12.4. The van der Waals surface area contributed by atoms with Gasteiger partial charge in [-0.2, -0.15) is 5.10 Å². The summed E-state index contributed by atoms with van der Waals surface area (Å²) in [6.07, 6.45) is 3.38. The van der Waals surface area contributed by atoms with E-state index in [4.69, 9.17) is 9.26 Å². The molecule has 2 heterocycles. The average molecular weight is 340 g/mol. The molecule has 1 amide bonds. The third-order valence-electron chi connectivity index (χ3n) is 3.68. The van der Waals surface area contributed by atoms with Crippen LogP contribution in [0.5, 0.6) is 0 Å². The van der Waals surface area contributed by atoms with Crippen LogP contribution in [0.4, 0.5) is 5.69 Å². The van der Waals surface area contributed by atoms with E-state index in [9.17, 15) is 4.79 Å². The third kappa shape index (κ3) is 3.77. The molecule has 1 N–H and O–H groups in total. The summed E-state index contributed by atoms with van der Waals surface area (Å²) >= 11 is 0. The summed E-state index contributed by atoms with van der Waals surface area (Å²) in [6, 6.07) is 11.4. The van der Waals surface area contributed by atoms with Gasteiger partial charge in [-0.25, -0.2) is 4.68 Å². The van der Waals surface area contributed by atoms with Gasteiger partial charge in [-0.15, -0.1) is 0 Å². The molecular formula is C18H20N4O3. The van der Waals surface area contributed by atoms with Crippen molar-refractivity contribution in [2.75, 3.05) is 12.4 Å². The van der Waals surface area contributed by atoms with Crippen molar-refractivity contribution in [3.8, 4) is 5.69 Å². The van der Waals surface area contributed by atoms with E-state index >= 15 is 0 Å². The number of nitrogens with zero attached hydrogens (tertiary/aromatic N) is 3. The number of rotatable bonds is 7. The normalized spacial score (nSPS) is 10.8. The number of hydrogen-bond donors (Lipinski definition) is 1. The highest BCUT2D eigenvalue weighted by molar-refractivity contribution is 6.03. The van der Waals surface area contributed by atoms with Gasteiger partial charge in [0.15, 0.2) is 11.5 Å². The maximum atomic E-state index is 12.4. The van der Waals surface area contributed by atoms with Gasteiger partial charge in [0.05, 0.1) is 23.3 Å². The topological polar surface area (TPSA) is 82.2 Å². The number of amides is 1. The first-order chi connectivity index (χ1) is 12.2. The number of carbonyl (C=O) groups is 1. The lowest BCUT2D eigenvalue weighted by Gasteiger charge is -2.09. The summed E-state index contributed by atoms with van der Waals surface area (Å²) < 4.78 is 11.9. The van der Waals surface area contributed by atoms with Gasteiger partial charge in [-0.05, 0) is 18.6 Å². The van der Waals surface area contributed by atoms with E-state index in [-0.39, 0.29) is 18.2 Å². The predicted octanol–water partition coefficient (Wildman–Crippen LogP) is 3.21. The maximum Gasteiger partial charge on any atom is 0.277 e. The molecule has 0 aliphatic rings. The quantitative estimate of drug-likeness (QED) is 0.714. The lowest BCUT2D eigenvalue weighted by molar-refractivity contribution is 0.101. The van der Waals surface area contributed by atoms with Crippen molar-refractivity contribution < 1.29 is 14.1 Å². The number of benzene rings is 1. The van der Waals surface area contributed by atoms with E-state index in [1.165, 1.54) is 0 Å². The van der Waals surface area contributed by atoms with Gasteiger partial charge < -0.3 is 14.6 Å². The van der Waals surface area contributed by atoms with Crippen LogP contribution in [0.2, 0.25) is 0 Å². The van der Waals surface area contributed by atoms with E-state index < -0.39 is 0 Å². The molecule has 7 heteroatoms. The van der Waals surface area contributed by atoms with Gasteiger partial charge in [-0.3, -0.25) is 4.79 Å². The molecule has 130 valence electrons. The van der Waals surface area contributed by atoms with Crippen LogP contribution in [-0.2, 0) is 17.8 Å². The number of hydrogen-bond acceptors (Lipinski definition) is 5. The van der Waals surface area contributed by atoms with Crippen molar-refractivity contribution in [3.05, 3.63) is 59.7 Å². The zero-order valence-corrected chi connectivity index (χ0v) is 14.2. The van der Waals surface area contributed by atoms with Crippen LogP contribution in [0.1, 0.15) is 35.3 Å². The first kappa shape index (κ1) is 16.9. The van der Waals surface area contributed by atoms with E-state index in [0.717, 1.165) is 24.2 Å². The van der Waals surface area contributed by atoms with Crippen LogP contribution in [0.3, 0.4) is 0 Å². The Morgan fingerprint density at radius 2 is 2.12 bits per heavy atom. The predicted molar refractivity (Wildman–Crippen MR) is 92.7 cm³/mol. The Labute approximate surface area is 145 Å². The Bertz CT molecular complexity index is 839. The summed E-state index contributed by atoms with van der Waals surface area (Å²) in [5, 5.41) is 11.1.